The summed E-state index contributed by atoms with van der Waals surface area (Å²) in [5, 5.41) is 4.11. The molecule has 0 amide bonds. The Morgan fingerprint density at radius 3 is 2.87 bits per heavy atom. The van der Waals surface area contributed by atoms with Gasteiger partial charge in [0.25, 0.3) is 0 Å². The normalized spacial score (nSPS) is 21.5. The lowest BCUT2D eigenvalue weighted by Gasteiger charge is -2.22. The van der Waals surface area contributed by atoms with Crippen molar-refractivity contribution < 1.29 is 4.39 Å². The molecule has 2 rings (SSSR count). The summed E-state index contributed by atoms with van der Waals surface area (Å²) in [6, 6.07) is 0.553. The Bertz CT molecular complexity index is 298. The van der Waals surface area contributed by atoms with Gasteiger partial charge in [0.2, 0.25) is 0 Å². The SMILES string of the molecule is Fc1cnc(SCC2CCCCN2)nc1. The molecular weight excluding hydrogens is 213 g/mol. The molecule has 1 atom stereocenters. The number of piperidine rings is 1. The highest BCUT2D eigenvalue weighted by Gasteiger charge is 2.13. The maximum Gasteiger partial charge on any atom is 0.187 e. The standard InChI is InChI=1S/C10H14FN3S/c11-8-5-13-10(14-6-8)15-7-9-3-1-2-4-12-9/h5-6,9,12H,1-4,7H2. The molecule has 0 aliphatic carbocycles. The molecule has 1 aromatic heterocycles. The number of hydrogen-bond donors (Lipinski definition) is 1. The molecule has 1 aliphatic heterocycles. The number of rotatable bonds is 3. The summed E-state index contributed by atoms with van der Waals surface area (Å²) in [5.41, 5.74) is 0. The van der Waals surface area contributed by atoms with E-state index >= 15 is 0 Å². The summed E-state index contributed by atoms with van der Waals surface area (Å²) >= 11 is 1.58. The fraction of sp³-hybridized carbons (Fsp3) is 0.600. The average Bonchev–Trinajstić information content (AvgIpc) is 2.30. The van der Waals surface area contributed by atoms with Gasteiger partial charge in [0, 0.05) is 11.8 Å². The summed E-state index contributed by atoms with van der Waals surface area (Å²) < 4.78 is 12.5. The van der Waals surface area contributed by atoms with Crippen LogP contribution in [0.25, 0.3) is 0 Å². The van der Waals surface area contributed by atoms with Crippen LogP contribution < -0.4 is 5.32 Å². The van der Waals surface area contributed by atoms with Crippen LogP contribution in [0.5, 0.6) is 0 Å². The van der Waals surface area contributed by atoms with Crippen LogP contribution >= 0.6 is 11.8 Å². The van der Waals surface area contributed by atoms with Crippen molar-refractivity contribution in [3.63, 3.8) is 0 Å². The first-order chi connectivity index (χ1) is 7.34. The van der Waals surface area contributed by atoms with Gasteiger partial charge in [-0.3, -0.25) is 0 Å². The highest BCUT2D eigenvalue weighted by atomic mass is 32.2. The lowest BCUT2D eigenvalue weighted by atomic mass is 10.1. The van der Waals surface area contributed by atoms with Crippen LogP contribution in [-0.2, 0) is 0 Å². The van der Waals surface area contributed by atoms with Gasteiger partial charge in [0.05, 0.1) is 12.4 Å². The van der Waals surface area contributed by atoms with E-state index < -0.39 is 0 Å². The van der Waals surface area contributed by atoms with Gasteiger partial charge in [0.1, 0.15) is 0 Å². The van der Waals surface area contributed by atoms with Crippen molar-refractivity contribution in [1.29, 1.82) is 0 Å². The molecule has 1 aromatic rings. The third-order valence-electron chi connectivity index (χ3n) is 2.42. The van der Waals surface area contributed by atoms with E-state index in [0.717, 1.165) is 12.3 Å². The Kier molecular flexibility index (Phi) is 3.91. The van der Waals surface area contributed by atoms with Crippen LogP contribution in [0.15, 0.2) is 17.6 Å². The Labute approximate surface area is 92.9 Å². The molecule has 0 bridgehead atoms. The maximum absolute atomic E-state index is 12.5. The second-order valence-electron chi connectivity index (χ2n) is 3.64. The first-order valence-corrected chi connectivity index (χ1v) is 6.17. The van der Waals surface area contributed by atoms with Crippen LogP contribution in [0.2, 0.25) is 0 Å². The van der Waals surface area contributed by atoms with E-state index in [1.165, 1.54) is 31.7 Å². The van der Waals surface area contributed by atoms with Gasteiger partial charge >= 0.3 is 0 Å². The summed E-state index contributed by atoms with van der Waals surface area (Å²) in [4.78, 5) is 7.82. The number of nitrogens with one attached hydrogen (secondary N) is 1. The minimum Gasteiger partial charge on any atom is -0.313 e. The minimum atomic E-state index is -0.379. The van der Waals surface area contributed by atoms with Gasteiger partial charge in [-0.1, -0.05) is 18.2 Å². The summed E-state index contributed by atoms with van der Waals surface area (Å²) in [6.07, 6.45) is 6.21. The second-order valence-corrected chi connectivity index (χ2v) is 4.63. The summed E-state index contributed by atoms with van der Waals surface area (Å²) in [6.45, 7) is 1.11. The molecule has 5 heteroatoms. The van der Waals surface area contributed by atoms with E-state index in [1.54, 1.807) is 11.8 Å². The number of hydrogen-bond acceptors (Lipinski definition) is 4. The fourth-order valence-electron chi connectivity index (χ4n) is 1.62. The Balaban J connectivity index is 1.79. The quantitative estimate of drug-likeness (QED) is 0.631. The fourth-order valence-corrected chi connectivity index (χ4v) is 2.51. The number of halogens is 1. The highest BCUT2D eigenvalue weighted by molar-refractivity contribution is 7.99. The molecule has 2 heterocycles. The molecule has 15 heavy (non-hydrogen) atoms. The van der Waals surface area contributed by atoms with E-state index in [1.807, 2.05) is 0 Å². The average molecular weight is 227 g/mol. The van der Waals surface area contributed by atoms with Crippen molar-refractivity contribution in [1.82, 2.24) is 15.3 Å². The molecule has 0 aromatic carbocycles. The zero-order chi connectivity index (χ0) is 10.5. The Morgan fingerprint density at radius 2 is 2.20 bits per heavy atom. The maximum atomic E-state index is 12.5. The first kappa shape index (κ1) is 10.8. The van der Waals surface area contributed by atoms with Crippen LogP contribution in [0.3, 0.4) is 0 Å². The van der Waals surface area contributed by atoms with E-state index in [0.29, 0.717) is 11.2 Å². The van der Waals surface area contributed by atoms with Crippen LogP contribution in [0.4, 0.5) is 4.39 Å². The van der Waals surface area contributed by atoms with E-state index in [-0.39, 0.29) is 5.82 Å². The van der Waals surface area contributed by atoms with Gasteiger partial charge in [-0.05, 0) is 19.4 Å². The van der Waals surface area contributed by atoms with Gasteiger partial charge in [0.15, 0.2) is 11.0 Å². The number of aromatic nitrogens is 2. The molecule has 1 N–H and O–H groups in total. The third kappa shape index (κ3) is 3.43. The van der Waals surface area contributed by atoms with Gasteiger partial charge < -0.3 is 5.32 Å². The molecule has 82 valence electrons. The smallest absolute Gasteiger partial charge is 0.187 e. The second kappa shape index (κ2) is 5.42. The van der Waals surface area contributed by atoms with E-state index in [4.69, 9.17) is 0 Å². The summed E-state index contributed by atoms with van der Waals surface area (Å²) in [5.74, 6) is 0.584. The summed E-state index contributed by atoms with van der Waals surface area (Å²) in [7, 11) is 0. The lowest BCUT2D eigenvalue weighted by molar-refractivity contribution is 0.429. The zero-order valence-electron chi connectivity index (χ0n) is 8.45. The number of nitrogens with zero attached hydrogens (tertiary/aromatic N) is 2. The lowest BCUT2D eigenvalue weighted by Crippen LogP contribution is -2.35. The third-order valence-corrected chi connectivity index (χ3v) is 3.46. The van der Waals surface area contributed by atoms with Crippen molar-refractivity contribution in [3.8, 4) is 0 Å². The topological polar surface area (TPSA) is 37.8 Å². The van der Waals surface area contributed by atoms with Gasteiger partial charge in [-0.2, -0.15) is 0 Å². The predicted octanol–water partition coefficient (Wildman–Crippen LogP) is 1.85. The van der Waals surface area contributed by atoms with E-state index in [9.17, 15) is 4.39 Å². The molecule has 1 aliphatic rings. The molecule has 1 unspecified atom stereocenters. The molecule has 1 saturated heterocycles. The van der Waals surface area contributed by atoms with Crippen molar-refractivity contribution in [2.24, 2.45) is 0 Å². The molecule has 0 spiro atoms. The number of thioether (sulfide) groups is 1. The van der Waals surface area contributed by atoms with Crippen LogP contribution in [0, 0.1) is 5.82 Å². The van der Waals surface area contributed by atoms with E-state index in [2.05, 4.69) is 15.3 Å². The monoisotopic (exact) mass is 227 g/mol. The predicted molar refractivity (Wildman–Crippen MR) is 58.4 cm³/mol. The van der Waals surface area contributed by atoms with Crippen molar-refractivity contribution >= 4 is 11.8 Å². The molecule has 1 fully saturated rings. The largest absolute Gasteiger partial charge is 0.313 e. The van der Waals surface area contributed by atoms with Crippen molar-refractivity contribution in [2.75, 3.05) is 12.3 Å². The Morgan fingerprint density at radius 1 is 1.40 bits per heavy atom. The van der Waals surface area contributed by atoms with Crippen molar-refractivity contribution in [2.45, 2.75) is 30.5 Å². The van der Waals surface area contributed by atoms with Crippen LogP contribution in [-0.4, -0.2) is 28.3 Å². The van der Waals surface area contributed by atoms with Gasteiger partial charge in [-0.15, -0.1) is 0 Å². The zero-order valence-corrected chi connectivity index (χ0v) is 9.26. The van der Waals surface area contributed by atoms with Gasteiger partial charge in [-0.25, -0.2) is 14.4 Å². The molecule has 0 saturated carbocycles. The molecule has 3 nitrogen and oxygen atoms in total. The highest BCUT2D eigenvalue weighted by Crippen LogP contribution is 2.17. The minimum absolute atomic E-state index is 0.379. The Hall–Kier alpha value is -0.680. The molecule has 0 radical (unpaired) electrons. The molecular formula is C10H14FN3S. The van der Waals surface area contributed by atoms with Crippen LogP contribution in [0.1, 0.15) is 19.3 Å². The first-order valence-electron chi connectivity index (χ1n) is 5.18. The van der Waals surface area contributed by atoms with Crippen molar-refractivity contribution in [3.05, 3.63) is 18.2 Å².